The van der Waals surface area contributed by atoms with Crippen LogP contribution < -0.4 is 0 Å². The molecule has 1 saturated heterocycles. The SMILES string of the molecule is C=NN1C(C)=C(C)CC1C1CCN(CC(=O)N(C)C)CC1. The molecule has 0 N–H and O–H groups in total. The zero-order valence-corrected chi connectivity index (χ0v) is 13.8. The van der Waals surface area contributed by atoms with E-state index in [2.05, 4.69) is 35.6 Å². The second-order valence-electron chi connectivity index (χ2n) is 6.52. The van der Waals surface area contributed by atoms with Crippen LogP contribution in [0.25, 0.3) is 0 Å². The van der Waals surface area contributed by atoms with Crippen LogP contribution in [0.3, 0.4) is 0 Å². The molecule has 0 aromatic rings. The Labute approximate surface area is 128 Å². The van der Waals surface area contributed by atoms with E-state index in [9.17, 15) is 4.79 Å². The number of amides is 1. The summed E-state index contributed by atoms with van der Waals surface area (Å²) in [7, 11) is 3.64. The molecular weight excluding hydrogens is 264 g/mol. The lowest BCUT2D eigenvalue weighted by atomic mass is 9.87. The Bertz CT molecular complexity index is 436. The van der Waals surface area contributed by atoms with Crippen LogP contribution in [0.5, 0.6) is 0 Å². The van der Waals surface area contributed by atoms with Crippen molar-refractivity contribution in [2.75, 3.05) is 33.7 Å². The van der Waals surface area contributed by atoms with E-state index < -0.39 is 0 Å². The number of allylic oxidation sites excluding steroid dienone is 1. The maximum Gasteiger partial charge on any atom is 0.236 e. The van der Waals surface area contributed by atoms with Crippen LogP contribution in [0, 0.1) is 5.92 Å². The van der Waals surface area contributed by atoms with Crippen LogP contribution in [0.15, 0.2) is 16.4 Å². The van der Waals surface area contributed by atoms with Crippen molar-refractivity contribution < 1.29 is 4.79 Å². The number of hydrazone groups is 1. The third-order valence-corrected chi connectivity index (χ3v) is 4.98. The second kappa shape index (κ2) is 6.60. The summed E-state index contributed by atoms with van der Waals surface area (Å²) in [5.74, 6) is 0.839. The number of nitrogens with zero attached hydrogens (tertiary/aromatic N) is 4. The smallest absolute Gasteiger partial charge is 0.236 e. The first-order chi connectivity index (χ1) is 9.93. The van der Waals surface area contributed by atoms with Crippen LogP contribution in [0.4, 0.5) is 0 Å². The Morgan fingerprint density at radius 2 is 1.95 bits per heavy atom. The number of carbonyl (C=O) groups is 1. The zero-order chi connectivity index (χ0) is 15.6. The van der Waals surface area contributed by atoms with E-state index >= 15 is 0 Å². The first kappa shape index (κ1) is 16.0. The number of rotatable bonds is 4. The van der Waals surface area contributed by atoms with E-state index in [1.165, 1.54) is 11.3 Å². The molecule has 0 aliphatic carbocycles. The molecule has 5 heteroatoms. The highest BCUT2D eigenvalue weighted by Crippen LogP contribution is 2.36. The van der Waals surface area contributed by atoms with Gasteiger partial charge in [-0.3, -0.25) is 14.7 Å². The van der Waals surface area contributed by atoms with Crippen molar-refractivity contribution in [3.63, 3.8) is 0 Å². The van der Waals surface area contributed by atoms with Crippen molar-refractivity contribution in [3.05, 3.63) is 11.3 Å². The van der Waals surface area contributed by atoms with Crippen LogP contribution >= 0.6 is 0 Å². The van der Waals surface area contributed by atoms with E-state index in [0.29, 0.717) is 18.5 Å². The molecule has 1 unspecified atom stereocenters. The number of hydrogen-bond donors (Lipinski definition) is 0. The molecule has 0 radical (unpaired) electrons. The highest BCUT2D eigenvalue weighted by Gasteiger charge is 2.35. The lowest BCUT2D eigenvalue weighted by Gasteiger charge is -2.37. The molecule has 1 amide bonds. The molecule has 2 aliphatic rings. The van der Waals surface area contributed by atoms with Gasteiger partial charge in [-0.2, -0.15) is 5.10 Å². The summed E-state index contributed by atoms with van der Waals surface area (Å²) in [6.45, 7) is 10.6. The third-order valence-electron chi connectivity index (χ3n) is 4.98. The van der Waals surface area contributed by atoms with E-state index in [-0.39, 0.29) is 5.91 Å². The van der Waals surface area contributed by atoms with Crippen LogP contribution in [-0.2, 0) is 4.79 Å². The van der Waals surface area contributed by atoms with E-state index in [0.717, 1.165) is 32.4 Å². The van der Waals surface area contributed by atoms with Gasteiger partial charge < -0.3 is 4.90 Å². The summed E-state index contributed by atoms with van der Waals surface area (Å²) >= 11 is 0. The normalized spacial score (nSPS) is 24.6. The summed E-state index contributed by atoms with van der Waals surface area (Å²) < 4.78 is 0. The van der Waals surface area contributed by atoms with E-state index in [1.54, 1.807) is 4.90 Å². The third kappa shape index (κ3) is 3.46. The van der Waals surface area contributed by atoms with Crippen LogP contribution in [0.2, 0.25) is 0 Å². The highest BCUT2D eigenvalue weighted by molar-refractivity contribution is 5.77. The summed E-state index contributed by atoms with van der Waals surface area (Å²) in [5.41, 5.74) is 2.69. The van der Waals surface area contributed by atoms with Crippen LogP contribution in [0.1, 0.15) is 33.1 Å². The lowest BCUT2D eigenvalue weighted by Crippen LogP contribution is -2.44. The van der Waals surface area contributed by atoms with Crippen molar-refractivity contribution in [3.8, 4) is 0 Å². The zero-order valence-electron chi connectivity index (χ0n) is 13.8. The molecule has 1 fully saturated rings. The molecule has 2 heterocycles. The van der Waals surface area contributed by atoms with Gasteiger partial charge in [0.25, 0.3) is 0 Å². The molecule has 2 aliphatic heterocycles. The fraction of sp³-hybridized carbons (Fsp3) is 0.750. The monoisotopic (exact) mass is 292 g/mol. The quantitative estimate of drug-likeness (QED) is 0.741. The molecule has 0 aromatic heterocycles. The molecule has 5 nitrogen and oxygen atoms in total. The van der Waals surface area contributed by atoms with Crippen LogP contribution in [-0.4, -0.2) is 67.2 Å². The molecular formula is C16H28N4O. The molecule has 0 aromatic carbocycles. The maximum atomic E-state index is 11.8. The Kier molecular flexibility index (Phi) is 5.04. The van der Waals surface area contributed by atoms with Gasteiger partial charge in [0.2, 0.25) is 5.91 Å². The fourth-order valence-corrected chi connectivity index (χ4v) is 3.40. The van der Waals surface area contributed by atoms with E-state index in [4.69, 9.17) is 0 Å². The molecule has 0 bridgehead atoms. The van der Waals surface area contributed by atoms with Gasteiger partial charge in [0.05, 0.1) is 12.6 Å². The Morgan fingerprint density at radius 1 is 1.33 bits per heavy atom. The summed E-state index contributed by atoms with van der Waals surface area (Å²) in [4.78, 5) is 15.7. The fourth-order valence-electron chi connectivity index (χ4n) is 3.40. The first-order valence-electron chi connectivity index (χ1n) is 7.78. The minimum absolute atomic E-state index is 0.192. The topological polar surface area (TPSA) is 39.1 Å². The second-order valence-corrected chi connectivity index (χ2v) is 6.52. The number of piperidine rings is 1. The number of likely N-dealkylation sites (N-methyl/N-ethyl adjacent to an activating group) is 1. The summed E-state index contributed by atoms with van der Waals surface area (Å²) in [5, 5.41) is 6.33. The Morgan fingerprint density at radius 3 is 2.48 bits per heavy atom. The first-order valence-corrected chi connectivity index (χ1v) is 7.78. The molecule has 0 saturated carbocycles. The van der Waals surface area contributed by atoms with Crippen molar-refractivity contribution in [1.82, 2.24) is 14.8 Å². The number of hydrogen-bond acceptors (Lipinski definition) is 4. The average molecular weight is 292 g/mol. The minimum Gasteiger partial charge on any atom is -0.348 e. The number of carbonyl (C=O) groups excluding carboxylic acids is 1. The van der Waals surface area contributed by atoms with Gasteiger partial charge >= 0.3 is 0 Å². The standard InChI is InChI=1S/C16H28N4O/c1-12-10-15(20(17-3)13(12)2)14-6-8-19(9-7-14)11-16(21)18(4)5/h14-15H,3,6-11H2,1-2,4-5H3. The number of likely N-dealkylation sites (tertiary alicyclic amines) is 1. The summed E-state index contributed by atoms with van der Waals surface area (Å²) in [6, 6.07) is 0.467. The van der Waals surface area contributed by atoms with Crippen molar-refractivity contribution in [1.29, 1.82) is 0 Å². The molecule has 2 rings (SSSR count). The van der Waals surface area contributed by atoms with Gasteiger partial charge in [-0.05, 0) is 52.1 Å². The van der Waals surface area contributed by atoms with Gasteiger partial charge in [-0.1, -0.05) is 5.57 Å². The molecule has 21 heavy (non-hydrogen) atoms. The Hall–Kier alpha value is -1.36. The van der Waals surface area contributed by atoms with Gasteiger partial charge in [-0.25, -0.2) is 0 Å². The van der Waals surface area contributed by atoms with Crippen molar-refractivity contribution in [2.24, 2.45) is 11.0 Å². The van der Waals surface area contributed by atoms with Gasteiger partial charge in [0.15, 0.2) is 0 Å². The molecule has 118 valence electrons. The van der Waals surface area contributed by atoms with Gasteiger partial charge in [-0.15, -0.1) is 0 Å². The Balaban J connectivity index is 1.87. The van der Waals surface area contributed by atoms with Gasteiger partial charge in [0.1, 0.15) is 0 Å². The van der Waals surface area contributed by atoms with Crippen molar-refractivity contribution in [2.45, 2.75) is 39.2 Å². The molecule has 0 spiro atoms. The highest BCUT2D eigenvalue weighted by atomic mass is 16.2. The van der Waals surface area contributed by atoms with E-state index in [1.807, 2.05) is 14.1 Å². The van der Waals surface area contributed by atoms with Gasteiger partial charge in [0, 0.05) is 26.5 Å². The minimum atomic E-state index is 0.192. The predicted molar refractivity (Wildman–Crippen MR) is 86.0 cm³/mol. The predicted octanol–water partition coefficient (Wildman–Crippen LogP) is 1.77. The largest absolute Gasteiger partial charge is 0.348 e. The molecule has 1 atom stereocenters. The lowest BCUT2D eigenvalue weighted by molar-refractivity contribution is -0.130. The average Bonchev–Trinajstić information content (AvgIpc) is 2.75. The maximum absolute atomic E-state index is 11.8. The van der Waals surface area contributed by atoms with Crippen molar-refractivity contribution >= 4 is 12.6 Å². The summed E-state index contributed by atoms with van der Waals surface area (Å²) in [6.07, 6.45) is 3.38.